The van der Waals surface area contributed by atoms with E-state index >= 15 is 0 Å². The number of carbonyl (C=O) groups excluding carboxylic acids is 3. The Labute approximate surface area is 341 Å². The van der Waals surface area contributed by atoms with Crippen LogP contribution in [0.15, 0.2) is 12.2 Å². The zero-order chi connectivity index (χ0) is 40.1. The molecule has 0 N–H and O–H groups in total. The van der Waals surface area contributed by atoms with Crippen LogP contribution in [-0.4, -0.2) is 37.2 Å². The molecule has 55 heavy (non-hydrogen) atoms. The summed E-state index contributed by atoms with van der Waals surface area (Å²) in [6, 6.07) is 0. The van der Waals surface area contributed by atoms with Crippen LogP contribution in [0.2, 0.25) is 0 Å². The highest BCUT2D eigenvalue weighted by Gasteiger charge is 2.19. The Morgan fingerprint density at radius 2 is 0.600 bits per heavy atom. The van der Waals surface area contributed by atoms with Gasteiger partial charge in [0.1, 0.15) is 13.2 Å². The molecule has 6 heteroatoms. The molecular formula is C49H92O6. The van der Waals surface area contributed by atoms with Crippen LogP contribution in [0.25, 0.3) is 0 Å². The van der Waals surface area contributed by atoms with Crippen molar-refractivity contribution in [3.63, 3.8) is 0 Å². The first-order valence-corrected chi connectivity index (χ1v) is 24.2. The molecule has 324 valence electrons. The Bertz CT molecular complexity index is 812. The molecule has 0 aliphatic heterocycles. The molecule has 0 atom stereocenters. The summed E-state index contributed by atoms with van der Waals surface area (Å²) in [4.78, 5) is 37.8. The van der Waals surface area contributed by atoms with Crippen LogP contribution in [0, 0.1) is 0 Å². The van der Waals surface area contributed by atoms with Gasteiger partial charge < -0.3 is 14.2 Å². The van der Waals surface area contributed by atoms with E-state index in [4.69, 9.17) is 14.2 Å². The van der Waals surface area contributed by atoms with Crippen molar-refractivity contribution in [2.24, 2.45) is 0 Å². The van der Waals surface area contributed by atoms with Crippen LogP contribution in [0.5, 0.6) is 0 Å². The summed E-state index contributed by atoms with van der Waals surface area (Å²) in [5.41, 5.74) is 0. The van der Waals surface area contributed by atoms with Crippen molar-refractivity contribution in [3.8, 4) is 0 Å². The molecule has 0 aliphatic carbocycles. The Kier molecular flexibility index (Phi) is 43.4. The first kappa shape index (κ1) is 53.1. The molecule has 0 aliphatic rings. The number of unbranched alkanes of at least 4 members (excludes halogenated alkanes) is 31. The van der Waals surface area contributed by atoms with Gasteiger partial charge in [0.05, 0.1) is 0 Å². The number of ether oxygens (including phenoxy) is 3. The number of hydrogen-bond acceptors (Lipinski definition) is 6. The maximum atomic E-state index is 12.7. The van der Waals surface area contributed by atoms with Gasteiger partial charge >= 0.3 is 17.9 Å². The molecule has 0 unspecified atom stereocenters. The molecule has 0 heterocycles. The Morgan fingerprint density at radius 3 is 0.909 bits per heavy atom. The summed E-state index contributed by atoms with van der Waals surface area (Å²) in [5.74, 6) is -0.867. The summed E-state index contributed by atoms with van der Waals surface area (Å²) in [6.07, 6.45) is 47.6. The Morgan fingerprint density at radius 1 is 0.345 bits per heavy atom. The fourth-order valence-electron chi connectivity index (χ4n) is 7.08. The van der Waals surface area contributed by atoms with Crippen molar-refractivity contribution >= 4 is 17.9 Å². The van der Waals surface area contributed by atoms with Crippen LogP contribution >= 0.6 is 0 Å². The summed E-state index contributed by atoms with van der Waals surface area (Å²) in [6.45, 7) is 6.63. The van der Waals surface area contributed by atoms with Crippen LogP contribution < -0.4 is 0 Å². The third-order valence-electron chi connectivity index (χ3n) is 10.8. The van der Waals surface area contributed by atoms with E-state index in [2.05, 4.69) is 32.9 Å². The fourth-order valence-corrected chi connectivity index (χ4v) is 7.08. The molecule has 0 bridgehead atoms. The van der Waals surface area contributed by atoms with Gasteiger partial charge in [-0.05, 0) is 44.9 Å². The van der Waals surface area contributed by atoms with E-state index in [1.165, 1.54) is 161 Å². The van der Waals surface area contributed by atoms with E-state index in [0.717, 1.165) is 64.2 Å². The molecule has 6 nitrogen and oxygen atoms in total. The van der Waals surface area contributed by atoms with Crippen LogP contribution in [0.4, 0.5) is 0 Å². The van der Waals surface area contributed by atoms with E-state index in [-0.39, 0.29) is 31.1 Å². The van der Waals surface area contributed by atoms with Gasteiger partial charge in [-0.25, -0.2) is 0 Å². The topological polar surface area (TPSA) is 78.9 Å². The highest BCUT2D eigenvalue weighted by atomic mass is 16.6. The largest absolute Gasteiger partial charge is 0.462 e. The average molecular weight is 777 g/mol. The lowest BCUT2D eigenvalue weighted by Gasteiger charge is -2.18. The third-order valence-corrected chi connectivity index (χ3v) is 10.8. The number of esters is 3. The second-order valence-electron chi connectivity index (χ2n) is 16.4. The predicted octanol–water partition coefficient (Wildman–Crippen LogP) is 15.4. The van der Waals surface area contributed by atoms with Crippen molar-refractivity contribution in [2.45, 2.75) is 271 Å². The molecule has 0 spiro atoms. The first-order valence-electron chi connectivity index (χ1n) is 24.2. The van der Waals surface area contributed by atoms with Gasteiger partial charge in [0, 0.05) is 19.3 Å². The molecule has 0 rings (SSSR count). The van der Waals surface area contributed by atoms with Crippen LogP contribution in [0.3, 0.4) is 0 Å². The molecule has 0 aromatic rings. The molecule has 0 fully saturated rings. The van der Waals surface area contributed by atoms with Crippen LogP contribution in [0.1, 0.15) is 265 Å². The number of rotatable bonds is 44. The van der Waals surface area contributed by atoms with Crippen molar-refractivity contribution in [1.29, 1.82) is 0 Å². The highest BCUT2D eigenvalue weighted by molar-refractivity contribution is 5.71. The van der Waals surface area contributed by atoms with Crippen molar-refractivity contribution in [1.82, 2.24) is 0 Å². The third kappa shape index (κ3) is 43.1. The summed E-state index contributed by atoms with van der Waals surface area (Å²) < 4.78 is 16.7. The molecule has 0 saturated heterocycles. The zero-order valence-electron chi connectivity index (χ0n) is 37.0. The van der Waals surface area contributed by atoms with E-state index in [1.807, 2.05) is 0 Å². The minimum atomic E-state index is -0.766. The second-order valence-corrected chi connectivity index (χ2v) is 16.4. The standard InChI is InChI=1S/C49H92O6/c1-4-7-10-13-16-19-22-23-24-25-28-31-34-37-40-43-49(52)55-46(44-53-47(50)41-38-35-32-29-26-20-17-14-11-8-5-2)45-54-48(51)42-39-36-33-30-27-21-18-15-12-9-6-3/h23-24,46H,4-22,25-45H2,1-3H3/b24-23-. The van der Waals surface area contributed by atoms with E-state index in [9.17, 15) is 14.4 Å². The second kappa shape index (κ2) is 44.9. The monoisotopic (exact) mass is 777 g/mol. The van der Waals surface area contributed by atoms with Crippen molar-refractivity contribution < 1.29 is 28.6 Å². The van der Waals surface area contributed by atoms with Gasteiger partial charge in [0.2, 0.25) is 0 Å². The maximum Gasteiger partial charge on any atom is 0.306 e. The fraction of sp³-hybridized carbons (Fsp3) is 0.898. The van der Waals surface area contributed by atoms with Gasteiger partial charge in [-0.15, -0.1) is 0 Å². The van der Waals surface area contributed by atoms with Gasteiger partial charge in [0.25, 0.3) is 0 Å². The normalized spacial score (nSPS) is 11.5. The number of allylic oxidation sites excluding steroid dienone is 2. The predicted molar refractivity (Wildman–Crippen MR) is 233 cm³/mol. The molecule has 0 aromatic carbocycles. The quantitative estimate of drug-likeness (QED) is 0.0265. The van der Waals surface area contributed by atoms with Gasteiger partial charge in [-0.2, -0.15) is 0 Å². The minimum absolute atomic E-state index is 0.0687. The first-order chi connectivity index (χ1) is 27.0. The molecule has 0 amide bonds. The van der Waals surface area contributed by atoms with Gasteiger partial charge in [-0.3, -0.25) is 14.4 Å². The zero-order valence-corrected chi connectivity index (χ0v) is 37.0. The lowest BCUT2D eigenvalue weighted by molar-refractivity contribution is -0.167. The van der Waals surface area contributed by atoms with E-state index < -0.39 is 6.10 Å². The van der Waals surface area contributed by atoms with Crippen molar-refractivity contribution in [2.75, 3.05) is 13.2 Å². The Balaban J connectivity index is 4.34. The van der Waals surface area contributed by atoms with Gasteiger partial charge in [0.15, 0.2) is 6.10 Å². The number of carbonyl (C=O) groups is 3. The Hall–Kier alpha value is -1.85. The van der Waals surface area contributed by atoms with Crippen LogP contribution in [-0.2, 0) is 28.6 Å². The summed E-state index contributed by atoms with van der Waals surface area (Å²) in [7, 11) is 0. The van der Waals surface area contributed by atoms with E-state index in [1.54, 1.807) is 0 Å². The summed E-state index contributed by atoms with van der Waals surface area (Å²) in [5, 5.41) is 0. The summed E-state index contributed by atoms with van der Waals surface area (Å²) >= 11 is 0. The maximum absolute atomic E-state index is 12.7. The van der Waals surface area contributed by atoms with E-state index in [0.29, 0.717) is 19.3 Å². The lowest BCUT2D eigenvalue weighted by Crippen LogP contribution is -2.30. The van der Waals surface area contributed by atoms with Crippen molar-refractivity contribution in [3.05, 3.63) is 12.2 Å². The molecule has 0 radical (unpaired) electrons. The van der Waals surface area contributed by atoms with Gasteiger partial charge in [-0.1, -0.05) is 213 Å². The SMILES string of the molecule is CCCCCCCC/C=C\CCCCCCCC(=O)OC(COC(=O)CCCCCCCCCCCCC)COC(=O)CCCCCCCCCCCCC. The smallest absolute Gasteiger partial charge is 0.306 e. The molecule has 0 aromatic heterocycles. The average Bonchev–Trinajstić information content (AvgIpc) is 3.18. The lowest BCUT2D eigenvalue weighted by atomic mass is 10.1. The molecule has 0 saturated carbocycles. The minimum Gasteiger partial charge on any atom is -0.462 e. The molecular weight excluding hydrogens is 685 g/mol. The number of hydrogen-bond donors (Lipinski definition) is 0. The highest BCUT2D eigenvalue weighted by Crippen LogP contribution is 2.15.